The molecule has 65 valence electrons. The molecule has 1 atom stereocenters. The largest absolute Gasteiger partial charge is 0.310 e. The number of carbonyl (C=O) groups excluding carboxylic acids is 1. The summed E-state index contributed by atoms with van der Waals surface area (Å²) >= 11 is 1.56. The van der Waals surface area contributed by atoms with Crippen molar-refractivity contribution < 1.29 is 4.79 Å². The summed E-state index contributed by atoms with van der Waals surface area (Å²) in [6.45, 7) is 1.69. The van der Waals surface area contributed by atoms with Gasteiger partial charge in [0.25, 0.3) is 0 Å². The molecule has 1 unspecified atom stereocenters. The first-order valence-electron chi connectivity index (χ1n) is 3.70. The van der Waals surface area contributed by atoms with E-state index in [1.807, 2.05) is 17.5 Å². The average Bonchev–Trinajstić information content (AvgIpc) is 2.37. The Morgan fingerprint density at radius 2 is 2.58 bits per heavy atom. The second kappa shape index (κ2) is 4.23. The summed E-state index contributed by atoms with van der Waals surface area (Å²) < 4.78 is 0. The Labute approximate surface area is 75.6 Å². The third-order valence-electron chi connectivity index (χ3n) is 1.25. The highest BCUT2D eigenvalue weighted by molar-refractivity contribution is 7.10. The second-order valence-corrected chi connectivity index (χ2v) is 3.55. The van der Waals surface area contributed by atoms with Crippen molar-refractivity contribution in [2.75, 3.05) is 0 Å². The number of carbonyl (C=O) groups is 1. The van der Waals surface area contributed by atoms with E-state index in [0.29, 0.717) is 6.42 Å². The second-order valence-electron chi connectivity index (χ2n) is 2.52. The number of thiophene rings is 1. The lowest BCUT2D eigenvalue weighted by Crippen LogP contribution is -2.33. The van der Waals surface area contributed by atoms with Crippen molar-refractivity contribution in [1.82, 2.24) is 5.32 Å². The summed E-state index contributed by atoms with van der Waals surface area (Å²) in [6.07, 6.45) is -0.0170. The predicted octanol–water partition coefficient (Wildman–Crippen LogP) is 0.726. The Morgan fingerprint density at radius 1 is 1.83 bits per heavy atom. The van der Waals surface area contributed by atoms with Gasteiger partial charge in [0.05, 0.1) is 12.6 Å². The van der Waals surface area contributed by atoms with Crippen molar-refractivity contribution in [2.24, 2.45) is 5.73 Å². The maximum atomic E-state index is 11.1. The molecule has 2 N–H and O–H groups in total. The van der Waals surface area contributed by atoms with Gasteiger partial charge >= 0.3 is 0 Å². The molecule has 0 aliphatic carbocycles. The molecule has 1 heterocycles. The fourth-order valence-electron chi connectivity index (χ4n) is 0.835. The molecule has 3 nitrogen and oxygen atoms in total. The quantitative estimate of drug-likeness (QED) is 0.751. The fraction of sp³-hybridized carbons (Fsp3) is 0.375. The van der Waals surface area contributed by atoms with Crippen LogP contribution in [0.2, 0.25) is 0 Å². The maximum absolute atomic E-state index is 11.1. The van der Waals surface area contributed by atoms with Gasteiger partial charge in [-0.1, -0.05) is 6.07 Å². The van der Waals surface area contributed by atoms with E-state index in [9.17, 15) is 4.79 Å². The van der Waals surface area contributed by atoms with Gasteiger partial charge in [-0.05, 0) is 18.4 Å². The number of nitrogens with zero attached hydrogens (tertiary/aromatic N) is 1. The summed E-state index contributed by atoms with van der Waals surface area (Å²) in [5.41, 5.74) is 5.34. The average molecular weight is 183 g/mol. The molecule has 0 aliphatic rings. The molecule has 1 amide bonds. The van der Waals surface area contributed by atoms with Gasteiger partial charge in [-0.25, -0.2) is 5.32 Å². The molecule has 1 rings (SSSR count). The van der Waals surface area contributed by atoms with Gasteiger partial charge in [-0.3, -0.25) is 4.79 Å². The smallest absolute Gasteiger partial charge is 0.247 e. The van der Waals surface area contributed by atoms with Crippen LogP contribution in [-0.4, -0.2) is 12.1 Å². The maximum Gasteiger partial charge on any atom is 0.247 e. The molecule has 1 radical (unpaired) electrons. The van der Waals surface area contributed by atoms with Crippen molar-refractivity contribution in [3.8, 4) is 0 Å². The van der Waals surface area contributed by atoms with Gasteiger partial charge in [0.15, 0.2) is 0 Å². The van der Waals surface area contributed by atoms with Crippen LogP contribution in [0.3, 0.4) is 0 Å². The molecule has 0 bridgehead atoms. The lowest BCUT2D eigenvalue weighted by atomic mass is 10.3. The Hall–Kier alpha value is -0.870. The van der Waals surface area contributed by atoms with Gasteiger partial charge in [-0.2, -0.15) is 0 Å². The zero-order chi connectivity index (χ0) is 8.97. The fourth-order valence-corrected chi connectivity index (χ4v) is 1.53. The normalized spacial score (nSPS) is 12.5. The molecule has 1 aromatic rings. The SMILES string of the molecule is CC(N)[N]C(=O)Cc1cccs1. The van der Waals surface area contributed by atoms with Crippen molar-refractivity contribution in [3.63, 3.8) is 0 Å². The number of rotatable bonds is 3. The molecular weight excluding hydrogens is 172 g/mol. The van der Waals surface area contributed by atoms with E-state index in [1.165, 1.54) is 0 Å². The van der Waals surface area contributed by atoms with Crippen LogP contribution in [0.4, 0.5) is 0 Å². The summed E-state index contributed by atoms with van der Waals surface area (Å²) in [7, 11) is 0. The summed E-state index contributed by atoms with van der Waals surface area (Å²) in [4.78, 5) is 12.1. The lowest BCUT2D eigenvalue weighted by Gasteiger charge is -2.02. The zero-order valence-electron chi connectivity index (χ0n) is 6.86. The van der Waals surface area contributed by atoms with E-state index in [-0.39, 0.29) is 5.91 Å². The molecule has 0 spiro atoms. The van der Waals surface area contributed by atoms with Gasteiger partial charge in [-0.15, -0.1) is 11.3 Å². The number of hydrogen-bond acceptors (Lipinski definition) is 3. The summed E-state index contributed by atoms with van der Waals surface area (Å²) in [6, 6.07) is 3.83. The third kappa shape index (κ3) is 3.02. The Balaban J connectivity index is 2.37. The summed E-state index contributed by atoms with van der Waals surface area (Å²) in [5.74, 6) is -0.146. The van der Waals surface area contributed by atoms with Crippen LogP contribution in [0.15, 0.2) is 17.5 Å². The minimum absolute atomic E-state index is 0.146. The molecular formula is C8H11N2OS. The first kappa shape index (κ1) is 9.22. The molecule has 1 aromatic heterocycles. The van der Waals surface area contributed by atoms with Crippen LogP contribution < -0.4 is 11.1 Å². The molecule has 0 saturated carbocycles. The van der Waals surface area contributed by atoms with E-state index in [1.54, 1.807) is 18.3 Å². The van der Waals surface area contributed by atoms with Crippen molar-refractivity contribution in [3.05, 3.63) is 22.4 Å². The number of amides is 1. The molecule has 0 aliphatic heterocycles. The van der Waals surface area contributed by atoms with Gasteiger partial charge in [0.2, 0.25) is 5.91 Å². The highest BCUT2D eigenvalue weighted by atomic mass is 32.1. The Kier molecular flexibility index (Phi) is 3.25. The minimum Gasteiger partial charge on any atom is -0.310 e. The van der Waals surface area contributed by atoms with Crippen LogP contribution >= 0.6 is 11.3 Å². The van der Waals surface area contributed by atoms with Gasteiger partial charge in [0.1, 0.15) is 0 Å². The van der Waals surface area contributed by atoms with E-state index in [2.05, 4.69) is 5.32 Å². The number of hydrogen-bond donors (Lipinski definition) is 1. The molecule has 0 fully saturated rings. The highest BCUT2D eigenvalue weighted by Crippen LogP contribution is 2.08. The van der Waals surface area contributed by atoms with E-state index >= 15 is 0 Å². The van der Waals surface area contributed by atoms with E-state index in [4.69, 9.17) is 5.73 Å². The Morgan fingerprint density at radius 3 is 3.08 bits per heavy atom. The standard InChI is InChI=1S/C8H11N2OS/c1-6(9)10-8(11)5-7-3-2-4-12-7/h2-4,6H,5,9H2,1H3. The van der Waals surface area contributed by atoms with E-state index < -0.39 is 6.17 Å². The molecule has 4 heteroatoms. The predicted molar refractivity (Wildman–Crippen MR) is 48.8 cm³/mol. The van der Waals surface area contributed by atoms with Crippen molar-refractivity contribution in [2.45, 2.75) is 19.5 Å². The van der Waals surface area contributed by atoms with Crippen LogP contribution in [0.5, 0.6) is 0 Å². The first-order valence-corrected chi connectivity index (χ1v) is 4.58. The molecule has 0 aromatic carbocycles. The topological polar surface area (TPSA) is 57.2 Å². The lowest BCUT2D eigenvalue weighted by molar-refractivity contribution is -0.121. The zero-order valence-corrected chi connectivity index (χ0v) is 7.67. The summed E-state index contributed by atoms with van der Waals surface area (Å²) in [5, 5.41) is 5.64. The highest BCUT2D eigenvalue weighted by Gasteiger charge is 2.06. The van der Waals surface area contributed by atoms with Crippen molar-refractivity contribution in [1.29, 1.82) is 0 Å². The van der Waals surface area contributed by atoms with Crippen molar-refractivity contribution >= 4 is 17.2 Å². The minimum atomic E-state index is -0.391. The van der Waals surface area contributed by atoms with Crippen LogP contribution in [0.25, 0.3) is 0 Å². The third-order valence-corrected chi connectivity index (χ3v) is 2.13. The van der Waals surface area contributed by atoms with E-state index in [0.717, 1.165) is 4.88 Å². The Bertz CT molecular complexity index is 244. The van der Waals surface area contributed by atoms with Crippen LogP contribution in [0.1, 0.15) is 11.8 Å². The van der Waals surface area contributed by atoms with Gasteiger partial charge < -0.3 is 5.73 Å². The first-order chi connectivity index (χ1) is 5.68. The van der Waals surface area contributed by atoms with Crippen LogP contribution in [-0.2, 0) is 11.2 Å². The molecule has 0 saturated heterocycles. The molecule has 12 heavy (non-hydrogen) atoms. The monoisotopic (exact) mass is 183 g/mol. The van der Waals surface area contributed by atoms with Crippen LogP contribution in [0, 0.1) is 0 Å². The number of nitrogens with two attached hydrogens (primary N) is 1. The van der Waals surface area contributed by atoms with Gasteiger partial charge in [0, 0.05) is 4.88 Å².